The van der Waals surface area contributed by atoms with Crippen molar-refractivity contribution in [3.8, 4) is 10.8 Å². The number of rotatable bonds is 6. The van der Waals surface area contributed by atoms with Crippen LogP contribution in [0.4, 0.5) is 5.69 Å². The molecule has 6 heteroatoms. The summed E-state index contributed by atoms with van der Waals surface area (Å²) in [5, 5.41) is 2.99. The Bertz CT molecular complexity index is 842. The van der Waals surface area contributed by atoms with Gasteiger partial charge in [0.1, 0.15) is 0 Å². The van der Waals surface area contributed by atoms with Crippen molar-refractivity contribution in [2.24, 2.45) is 0 Å². The van der Waals surface area contributed by atoms with Crippen LogP contribution in [-0.2, 0) is 13.1 Å². The number of hydrogen-bond acceptors (Lipinski definition) is 6. The van der Waals surface area contributed by atoms with Crippen LogP contribution in [0.3, 0.4) is 0 Å². The summed E-state index contributed by atoms with van der Waals surface area (Å²) < 4.78 is 0. The Kier molecular flexibility index (Phi) is 5.22. The lowest BCUT2D eigenvalue weighted by molar-refractivity contribution is 0.316. The second kappa shape index (κ2) is 7.93. The molecule has 0 atom stereocenters. The van der Waals surface area contributed by atoms with E-state index in [2.05, 4.69) is 56.5 Å². The molecule has 134 valence electrons. The molecular formula is C20H23N5S. The summed E-state index contributed by atoms with van der Waals surface area (Å²) in [6.07, 6.45) is 6.11. The molecule has 1 fully saturated rings. The molecule has 0 spiro atoms. The molecule has 0 bridgehead atoms. The predicted octanol–water partition coefficient (Wildman–Crippen LogP) is 3.83. The Morgan fingerprint density at radius 2 is 1.81 bits per heavy atom. The van der Waals surface area contributed by atoms with E-state index in [4.69, 9.17) is 4.98 Å². The first-order valence-electron chi connectivity index (χ1n) is 9.03. The zero-order chi connectivity index (χ0) is 17.8. The molecule has 1 saturated heterocycles. The number of aromatic nitrogens is 3. The first-order valence-corrected chi connectivity index (χ1v) is 9.91. The van der Waals surface area contributed by atoms with Crippen molar-refractivity contribution in [1.29, 1.82) is 0 Å². The van der Waals surface area contributed by atoms with Crippen LogP contribution in [0, 0.1) is 0 Å². The molecule has 4 rings (SSSR count). The smallest absolute Gasteiger partial charge is 0.188 e. The molecule has 5 nitrogen and oxygen atoms in total. The summed E-state index contributed by atoms with van der Waals surface area (Å²) in [4.78, 5) is 18.1. The summed E-state index contributed by atoms with van der Waals surface area (Å²) >= 11 is 1.60. The van der Waals surface area contributed by atoms with Crippen LogP contribution in [0.15, 0.2) is 48.1 Å². The minimum atomic E-state index is 0.700. The molecule has 3 aromatic rings. The lowest BCUT2D eigenvalue weighted by atomic mass is 10.1. The molecule has 0 aliphatic carbocycles. The topological polar surface area (TPSA) is 45.2 Å². The van der Waals surface area contributed by atoms with Gasteiger partial charge in [0.2, 0.25) is 0 Å². The van der Waals surface area contributed by atoms with Crippen LogP contribution in [0.1, 0.15) is 24.1 Å². The molecular weight excluding hydrogens is 342 g/mol. The van der Waals surface area contributed by atoms with Gasteiger partial charge in [-0.15, -0.1) is 11.3 Å². The zero-order valence-corrected chi connectivity index (χ0v) is 15.8. The van der Waals surface area contributed by atoms with Crippen LogP contribution in [0.5, 0.6) is 0 Å². The predicted molar refractivity (Wildman–Crippen MR) is 106 cm³/mol. The highest BCUT2D eigenvalue weighted by molar-refractivity contribution is 7.13. The second-order valence-corrected chi connectivity index (χ2v) is 7.57. The van der Waals surface area contributed by atoms with E-state index in [9.17, 15) is 0 Å². The molecule has 0 N–H and O–H groups in total. The average Bonchev–Trinajstić information content (AvgIpc) is 3.35. The van der Waals surface area contributed by atoms with Gasteiger partial charge in [-0.05, 0) is 37.6 Å². The molecule has 3 heterocycles. The monoisotopic (exact) mass is 365 g/mol. The number of nitrogens with zero attached hydrogens (tertiary/aromatic N) is 5. The van der Waals surface area contributed by atoms with Gasteiger partial charge >= 0.3 is 0 Å². The molecule has 26 heavy (non-hydrogen) atoms. The fourth-order valence-corrected chi connectivity index (χ4v) is 4.18. The number of benzene rings is 1. The Labute approximate surface area is 158 Å². The minimum absolute atomic E-state index is 0.700. The summed E-state index contributed by atoms with van der Waals surface area (Å²) in [5.41, 5.74) is 3.84. The molecule has 0 radical (unpaired) electrons. The van der Waals surface area contributed by atoms with Crippen molar-refractivity contribution in [3.63, 3.8) is 0 Å². The lowest BCUT2D eigenvalue weighted by Crippen LogP contribution is -2.23. The lowest BCUT2D eigenvalue weighted by Gasteiger charge is -2.24. The number of hydrogen-bond donors (Lipinski definition) is 0. The van der Waals surface area contributed by atoms with E-state index in [-0.39, 0.29) is 0 Å². The van der Waals surface area contributed by atoms with Crippen LogP contribution < -0.4 is 4.90 Å². The summed E-state index contributed by atoms with van der Waals surface area (Å²) in [5.74, 6) is 0.700. The van der Waals surface area contributed by atoms with Crippen molar-refractivity contribution in [1.82, 2.24) is 19.9 Å². The van der Waals surface area contributed by atoms with Gasteiger partial charge in [-0.25, -0.2) is 15.0 Å². The van der Waals surface area contributed by atoms with Gasteiger partial charge < -0.3 is 4.90 Å². The summed E-state index contributed by atoms with van der Waals surface area (Å²) in [7, 11) is 2.15. The minimum Gasteiger partial charge on any atom is -0.371 e. The Morgan fingerprint density at radius 3 is 2.62 bits per heavy atom. The number of para-hydroxylation sites is 1. The van der Waals surface area contributed by atoms with E-state index in [1.54, 1.807) is 23.7 Å². The largest absolute Gasteiger partial charge is 0.371 e. The molecule has 2 aromatic heterocycles. The number of anilines is 1. The van der Waals surface area contributed by atoms with Gasteiger partial charge in [0.15, 0.2) is 10.8 Å². The van der Waals surface area contributed by atoms with E-state index < -0.39 is 0 Å². The van der Waals surface area contributed by atoms with Crippen molar-refractivity contribution in [2.75, 3.05) is 25.0 Å². The Morgan fingerprint density at radius 1 is 1.04 bits per heavy atom. The third-order valence-electron chi connectivity index (χ3n) is 4.62. The van der Waals surface area contributed by atoms with E-state index in [0.29, 0.717) is 5.82 Å². The van der Waals surface area contributed by atoms with Crippen LogP contribution >= 0.6 is 11.3 Å². The van der Waals surface area contributed by atoms with Crippen molar-refractivity contribution >= 4 is 17.0 Å². The first-order chi connectivity index (χ1) is 12.8. The highest BCUT2D eigenvalue weighted by atomic mass is 32.1. The highest BCUT2D eigenvalue weighted by Crippen LogP contribution is 2.26. The van der Waals surface area contributed by atoms with Gasteiger partial charge in [-0.2, -0.15) is 0 Å². The maximum Gasteiger partial charge on any atom is 0.188 e. The van der Waals surface area contributed by atoms with E-state index in [1.807, 2.05) is 6.07 Å². The summed E-state index contributed by atoms with van der Waals surface area (Å²) in [6.45, 7) is 4.08. The normalized spacial score (nSPS) is 14.3. The van der Waals surface area contributed by atoms with Crippen molar-refractivity contribution < 1.29 is 0 Å². The van der Waals surface area contributed by atoms with Gasteiger partial charge in [0.25, 0.3) is 0 Å². The van der Waals surface area contributed by atoms with E-state index in [1.165, 1.54) is 37.2 Å². The third-order valence-corrected chi connectivity index (χ3v) is 5.51. The van der Waals surface area contributed by atoms with Gasteiger partial charge in [0, 0.05) is 49.6 Å². The molecule has 0 saturated carbocycles. The first kappa shape index (κ1) is 17.1. The Hall–Kier alpha value is -2.31. The molecule has 1 aliphatic rings. The fourth-order valence-electron chi connectivity index (χ4n) is 3.43. The van der Waals surface area contributed by atoms with E-state index >= 15 is 0 Å². The fraction of sp³-hybridized carbons (Fsp3) is 0.350. The standard InChI is InChI=1S/C20H23N5S/c1-24(13-16-7-2-3-8-18(16)25-11-4-5-12-25)14-17-15-26-20(23-17)19-21-9-6-10-22-19/h2-3,6-10,15H,4-5,11-14H2,1H3. The SMILES string of the molecule is CN(Cc1csc(-c2ncccn2)n1)Cc1ccccc1N1CCCC1. The average molecular weight is 366 g/mol. The van der Waals surface area contributed by atoms with E-state index in [0.717, 1.165) is 23.8 Å². The van der Waals surface area contributed by atoms with Gasteiger partial charge in [-0.3, -0.25) is 4.90 Å². The maximum atomic E-state index is 4.70. The zero-order valence-electron chi connectivity index (χ0n) is 15.0. The third kappa shape index (κ3) is 3.92. The quantitative estimate of drug-likeness (QED) is 0.664. The molecule has 1 aliphatic heterocycles. The van der Waals surface area contributed by atoms with Crippen molar-refractivity contribution in [2.45, 2.75) is 25.9 Å². The molecule has 0 unspecified atom stereocenters. The summed E-state index contributed by atoms with van der Waals surface area (Å²) in [6, 6.07) is 10.6. The Balaban J connectivity index is 1.43. The van der Waals surface area contributed by atoms with Crippen LogP contribution in [0.25, 0.3) is 10.8 Å². The second-order valence-electron chi connectivity index (χ2n) is 6.71. The maximum absolute atomic E-state index is 4.70. The molecule has 0 amide bonds. The van der Waals surface area contributed by atoms with Crippen LogP contribution in [0.2, 0.25) is 0 Å². The van der Waals surface area contributed by atoms with Crippen LogP contribution in [-0.4, -0.2) is 40.0 Å². The number of thiazole rings is 1. The van der Waals surface area contributed by atoms with Crippen molar-refractivity contribution in [3.05, 3.63) is 59.4 Å². The van der Waals surface area contributed by atoms with Gasteiger partial charge in [-0.1, -0.05) is 18.2 Å². The molecule has 1 aromatic carbocycles. The van der Waals surface area contributed by atoms with Gasteiger partial charge in [0.05, 0.1) is 5.69 Å². The highest BCUT2D eigenvalue weighted by Gasteiger charge is 2.16.